The van der Waals surface area contributed by atoms with Crippen LogP contribution in [0.3, 0.4) is 0 Å². The number of anilines is 2. The Morgan fingerprint density at radius 3 is 2.75 bits per heavy atom. The number of benzene rings is 1. The molecular weight excluding hydrogens is 392 g/mol. The number of aryl methyl sites for hydroxylation is 1. The van der Waals surface area contributed by atoms with E-state index in [9.17, 15) is 9.59 Å². The molecule has 0 spiro atoms. The van der Waals surface area contributed by atoms with Crippen LogP contribution >= 0.6 is 23.1 Å². The van der Waals surface area contributed by atoms with Gasteiger partial charge in [0.2, 0.25) is 5.91 Å². The van der Waals surface area contributed by atoms with E-state index < -0.39 is 0 Å². The van der Waals surface area contributed by atoms with Crippen LogP contribution in [0.5, 0.6) is 0 Å². The fourth-order valence-corrected chi connectivity index (χ4v) is 4.54. The van der Waals surface area contributed by atoms with Crippen molar-refractivity contribution in [2.24, 2.45) is 0 Å². The van der Waals surface area contributed by atoms with Gasteiger partial charge in [0.1, 0.15) is 0 Å². The predicted molar refractivity (Wildman–Crippen MR) is 116 cm³/mol. The Morgan fingerprint density at radius 1 is 1.18 bits per heavy atom. The third-order valence-electron chi connectivity index (χ3n) is 4.70. The zero-order valence-electron chi connectivity index (χ0n) is 16.0. The van der Waals surface area contributed by atoms with Gasteiger partial charge in [-0.05, 0) is 37.7 Å². The van der Waals surface area contributed by atoms with Gasteiger partial charge in [0, 0.05) is 22.7 Å². The Morgan fingerprint density at radius 2 is 1.96 bits per heavy atom. The molecule has 1 aromatic carbocycles. The Bertz CT molecular complexity index is 803. The van der Waals surface area contributed by atoms with Gasteiger partial charge in [0.15, 0.2) is 5.13 Å². The van der Waals surface area contributed by atoms with Crippen LogP contribution in [0.4, 0.5) is 15.6 Å². The minimum absolute atomic E-state index is 0.0425. The van der Waals surface area contributed by atoms with E-state index >= 15 is 0 Å². The average molecular weight is 419 g/mol. The summed E-state index contributed by atoms with van der Waals surface area (Å²) in [5.74, 6) is -0.0425. The van der Waals surface area contributed by atoms with Crippen molar-refractivity contribution in [3.8, 4) is 0 Å². The number of carbonyl (C=O) groups is 2. The second-order valence-electron chi connectivity index (χ2n) is 6.83. The number of nitrogens with zero attached hydrogens (tertiary/aromatic N) is 1. The summed E-state index contributed by atoms with van der Waals surface area (Å²) in [6, 6.07) is 7.82. The number of hydrogen-bond donors (Lipinski definition) is 3. The van der Waals surface area contributed by atoms with Crippen LogP contribution in [0, 0.1) is 0 Å². The molecule has 1 saturated carbocycles. The number of thioether (sulfide) groups is 1. The highest BCUT2D eigenvalue weighted by atomic mass is 32.2. The maximum Gasteiger partial charge on any atom is 0.321 e. The molecular formula is C20H26N4O2S2. The summed E-state index contributed by atoms with van der Waals surface area (Å²) < 4.78 is 0. The lowest BCUT2D eigenvalue weighted by Crippen LogP contribution is -2.38. The zero-order chi connectivity index (χ0) is 19.8. The normalized spacial score (nSPS) is 14.5. The fraction of sp³-hybridized carbons (Fsp3) is 0.450. The number of urea groups is 1. The summed E-state index contributed by atoms with van der Waals surface area (Å²) in [6.45, 7) is 0. The first-order valence-electron chi connectivity index (χ1n) is 9.59. The molecule has 3 amide bonds. The van der Waals surface area contributed by atoms with Crippen LogP contribution in [0.25, 0.3) is 0 Å². The van der Waals surface area contributed by atoms with Crippen molar-refractivity contribution in [1.82, 2.24) is 10.3 Å². The molecule has 150 valence electrons. The highest BCUT2D eigenvalue weighted by molar-refractivity contribution is 7.98. The largest absolute Gasteiger partial charge is 0.335 e. The Balaban J connectivity index is 1.43. The van der Waals surface area contributed by atoms with E-state index in [0.29, 0.717) is 18.0 Å². The molecule has 6 nitrogen and oxygen atoms in total. The van der Waals surface area contributed by atoms with E-state index in [1.165, 1.54) is 30.6 Å². The van der Waals surface area contributed by atoms with Crippen LogP contribution < -0.4 is 16.0 Å². The second-order valence-corrected chi connectivity index (χ2v) is 8.53. The van der Waals surface area contributed by atoms with E-state index in [-0.39, 0.29) is 18.0 Å². The Kier molecular flexibility index (Phi) is 7.73. The van der Waals surface area contributed by atoms with Crippen molar-refractivity contribution in [2.45, 2.75) is 55.9 Å². The van der Waals surface area contributed by atoms with E-state index in [1.807, 2.05) is 35.9 Å². The third-order valence-corrected chi connectivity index (χ3v) is 6.30. The van der Waals surface area contributed by atoms with Crippen molar-refractivity contribution < 1.29 is 9.59 Å². The van der Waals surface area contributed by atoms with Crippen LogP contribution in [0.15, 0.2) is 34.5 Å². The summed E-state index contributed by atoms with van der Waals surface area (Å²) in [5, 5.41) is 11.2. The van der Waals surface area contributed by atoms with Gasteiger partial charge >= 0.3 is 6.03 Å². The number of aromatic nitrogens is 1. The Labute approximate surface area is 173 Å². The molecule has 3 rings (SSSR count). The lowest BCUT2D eigenvalue weighted by Gasteiger charge is -2.22. The molecule has 0 saturated heterocycles. The van der Waals surface area contributed by atoms with E-state index in [2.05, 4.69) is 20.9 Å². The highest BCUT2D eigenvalue weighted by Crippen LogP contribution is 2.25. The van der Waals surface area contributed by atoms with Gasteiger partial charge in [-0.25, -0.2) is 9.78 Å². The first-order chi connectivity index (χ1) is 13.6. The summed E-state index contributed by atoms with van der Waals surface area (Å²) in [6.07, 6.45) is 8.57. The van der Waals surface area contributed by atoms with Gasteiger partial charge in [0.05, 0.1) is 11.4 Å². The predicted octanol–water partition coefficient (Wildman–Crippen LogP) is 4.89. The summed E-state index contributed by atoms with van der Waals surface area (Å²) in [7, 11) is 0. The molecule has 0 unspecified atom stereocenters. The molecule has 1 fully saturated rings. The number of para-hydroxylation sites is 1. The van der Waals surface area contributed by atoms with Gasteiger partial charge in [0.25, 0.3) is 0 Å². The summed E-state index contributed by atoms with van der Waals surface area (Å²) >= 11 is 2.99. The van der Waals surface area contributed by atoms with E-state index in [0.717, 1.165) is 29.1 Å². The molecule has 28 heavy (non-hydrogen) atoms. The van der Waals surface area contributed by atoms with Gasteiger partial charge in [-0.3, -0.25) is 10.1 Å². The first kappa shape index (κ1) is 20.7. The van der Waals surface area contributed by atoms with E-state index in [4.69, 9.17) is 0 Å². The molecule has 3 N–H and O–H groups in total. The molecule has 0 bridgehead atoms. The number of amides is 3. The minimum Gasteiger partial charge on any atom is -0.335 e. The number of nitrogens with one attached hydrogen (secondary N) is 3. The number of thiazole rings is 1. The number of rotatable bonds is 7. The average Bonchev–Trinajstić information content (AvgIpc) is 3.14. The molecule has 1 heterocycles. The smallest absolute Gasteiger partial charge is 0.321 e. The maximum atomic E-state index is 12.2. The molecule has 1 aliphatic rings. The fourth-order valence-electron chi connectivity index (χ4n) is 3.25. The van der Waals surface area contributed by atoms with Crippen molar-refractivity contribution >= 4 is 45.9 Å². The second kappa shape index (κ2) is 10.5. The lowest BCUT2D eigenvalue weighted by molar-refractivity contribution is -0.116. The van der Waals surface area contributed by atoms with Crippen LogP contribution in [-0.4, -0.2) is 29.2 Å². The van der Waals surface area contributed by atoms with Crippen molar-refractivity contribution in [1.29, 1.82) is 0 Å². The number of carbonyl (C=O) groups excluding carboxylic acids is 2. The molecule has 0 atom stereocenters. The molecule has 1 aromatic heterocycles. The highest BCUT2D eigenvalue weighted by Gasteiger charge is 2.16. The van der Waals surface area contributed by atoms with E-state index in [1.54, 1.807) is 11.8 Å². The molecule has 0 aliphatic heterocycles. The molecule has 8 heteroatoms. The zero-order valence-corrected chi connectivity index (χ0v) is 17.6. The standard InChI is InChI=1S/C20H26N4O2S2/c1-27-17-10-6-5-9-16(17)23-18(25)12-11-15-13-28-20(22-15)24-19(26)21-14-7-3-2-4-8-14/h5-6,9-10,13-14H,2-4,7-8,11-12H2,1H3,(H,23,25)(H2,21,22,24,26). The topological polar surface area (TPSA) is 83.1 Å². The Hall–Kier alpha value is -2.06. The SMILES string of the molecule is CSc1ccccc1NC(=O)CCc1csc(NC(=O)NC2CCCCC2)n1. The van der Waals surface area contributed by atoms with Crippen LogP contribution in [0.1, 0.15) is 44.2 Å². The molecule has 1 aliphatic carbocycles. The van der Waals surface area contributed by atoms with Gasteiger partial charge < -0.3 is 10.6 Å². The van der Waals surface area contributed by atoms with Crippen molar-refractivity contribution in [3.63, 3.8) is 0 Å². The van der Waals surface area contributed by atoms with Crippen molar-refractivity contribution in [3.05, 3.63) is 35.3 Å². The monoisotopic (exact) mass is 418 g/mol. The summed E-state index contributed by atoms with van der Waals surface area (Å²) in [5.41, 5.74) is 1.64. The summed E-state index contributed by atoms with van der Waals surface area (Å²) in [4.78, 5) is 29.8. The molecule has 2 aromatic rings. The lowest BCUT2D eigenvalue weighted by atomic mass is 9.96. The number of hydrogen-bond acceptors (Lipinski definition) is 5. The third kappa shape index (κ3) is 6.24. The first-order valence-corrected chi connectivity index (χ1v) is 11.7. The van der Waals surface area contributed by atoms with Crippen LogP contribution in [-0.2, 0) is 11.2 Å². The van der Waals surface area contributed by atoms with Gasteiger partial charge in [-0.1, -0.05) is 31.4 Å². The quantitative estimate of drug-likeness (QED) is 0.559. The van der Waals surface area contributed by atoms with Crippen LogP contribution in [0.2, 0.25) is 0 Å². The maximum absolute atomic E-state index is 12.2. The van der Waals surface area contributed by atoms with Gasteiger partial charge in [-0.15, -0.1) is 23.1 Å². The minimum atomic E-state index is -0.195. The van der Waals surface area contributed by atoms with Gasteiger partial charge in [-0.2, -0.15) is 0 Å². The molecule has 0 radical (unpaired) electrons. The van der Waals surface area contributed by atoms with Crippen molar-refractivity contribution in [2.75, 3.05) is 16.9 Å².